The summed E-state index contributed by atoms with van der Waals surface area (Å²) in [6.45, 7) is 0.964. The van der Waals surface area contributed by atoms with Crippen LogP contribution >= 0.6 is 15.9 Å². The first-order chi connectivity index (χ1) is 5.84. The van der Waals surface area contributed by atoms with E-state index in [1.54, 1.807) is 0 Å². The van der Waals surface area contributed by atoms with Crippen LogP contribution in [0.15, 0.2) is 28.5 Å². The molecular formula is C9H11BrN2. The third-order valence-electron chi connectivity index (χ3n) is 2.11. The molecule has 1 aromatic rings. The van der Waals surface area contributed by atoms with Gasteiger partial charge < -0.3 is 0 Å². The Morgan fingerprint density at radius 2 is 2.50 bits per heavy atom. The number of rotatable bonds is 2. The zero-order valence-corrected chi connectivity index (χ0v) is 8.42. The second kappa shape index (κ2) is 3.44. The Balaban J connectivity index is 2.03. The van der Waals surface area contributed by atoms with Crippen LogP contribution < -0.4 is 0 Å². The molecule has 0 aliphatic heterocycles. The number of nitrogens with zero attached hydrogens (tertiary/aromatic N) is 2. The Labute approximate surface area is 80.4 Å². The van der Waals surface area contributed by atoms with Gasteiger partial charge in [-0.25, -0.2) is 0 Å². The second-order valence-corrected chi connectivity index (χ2v) is 3.90. The molecule has 0 atom stereocenters. The number of halogens is 1. The van der Waals surface area contributed by atoms with E-state index >= 15 is 0 Å². The smallest absolute Gasteiger partial charge is 0.128 e. The van der Waals surface area contributed by atoms with Gasteiger partial charge in [-0.2, -0.15) is 5.10 Å². The third kappa shape index (κ3) is 1.78. The molecule has 64 valence electrons. The molecule has 2 rings (SSSR count). The van der Waals surface area contributed by atoms with E-state index in [1.165, 1.54) is 24.8 Å². The Hall–Kier alpha value is -0.570. The number of hydrogen-bond donors (Lipinski definition) is 0. The molecule has 0 radical (unpaired) electrons. The molecule has 1 aliphatic rings. The van der Waals surface area contributed by atoms with Gasteiger partial charge in [0.25, 0.3) is 0 Å². The van der Waals surface area contributed by atoms with Crippen LogP contribution in [-0.4, -0.2) is 9.78 Å². The van der Waals surface area contributed by atoms with Crippen LogP contribution in [0.25, 0.3) is 0 Å². The number of aromatic nitrogens is 2. The first-order valence-electron chi connectivity index (χ1n) is 4.21. The van der Waals surface area contributed by atoms with Crippen molar-refractivity contribution in [1.82, 2.24) is 9.78 Å². The highest BCUT2D eigenvalue weighted by atomic mass is 79.9. The predicted molar refractivity (Wildman–Crippen MR) is 51.9 cm³/mol. The van der Waals surface area contributed by atoms with Crippen molar-refractivity contribution < 1.29 is 0 Å². The molecule has 2 nitrogen and oxygen atoms in total. The molecule has 0 unspecified atom stereocenters. The molecule has 0 saturated carbocycles. The van der Waals surface area contributed by atoms with Gasteiger partial charge in [-0.1, -0.05) is 11.6 Å². The van der Waals surface area contributed by atoms with E-state index in [4.69, 9.17) is 0 Å². The van der Waals surface area contributed by atoms with E-state index in [0.717, 1.165) is 11.1 Å². The first kappa shape index (κ1) is 8.05. The fourth-order valence-corrected chi connectivity index (χ4v) is 1.84. The van der Waals surface area contributed by atoms with Gasteiger partial charge in [0.05, 0.1) is 6.54 Å². The van der Waals surface area contributed by atoms with E-state index in [0.29, 0.717) is 0 Å². The van der Waals surface area contributed by atoms with Gasteiger partial charge in [-0.05, 0) is 41.3 Å². The summed E-state index contributed by atoms with van der Waals surface area (Å²) in [5, 5.41) is 4.27. The van der Waals surface area contributed by atoms with E-state index in [9.17, 15) is 0 Å². The van der Waals surface area contributed by atoms with Crippen molar-refractivity contribution >= 4 is 15.9 Å². The van der Waals surface area contributed by atoms with Gasteiger partial charge >= 0.3 is 0 Å². The number of allylic oxidation sites excluding steroid dienone is 2. The molecule has 3 heteroatoms. The molecule has 0 amide bonds. The molecular weight excluding hydrogens is 216 g/mol. The molecule has 0 spiro atoms. The summed E-state index contributed by atoms with van der Waals surface area (Å²) in [6.07, 6.45) is 8.14. The van der Waals surface area contributed by atoms with Crippen LogP contribution in [0.2, 0.25) is 0 Å². The lowest BCUT2D eigenvalue weighted by molar-refractivity contribution is 0.657. The monoisotopic (exact) mass is 226 g/mol. The second-order valence-electron chi connectivity index (χ2n) is 3.09. The highest BCUT2D eigenvalue weighted by molar-refractivity contribution is 9.10. The lowest BCUT2D eigenvalue weighted by Gasteiger charge is -2.00. The SMILES string of the molecule is Brc1ccn(CC2=CCCC2)n1. The summed E-state index contributed by atoms with van der Waals surface area (Å²) in [7, 11) is 0. The van der Waals surface area contributed by atoms with Crippen LogP contribution in [0.3, 0.4) is 0 Å². The summed E-state index contributed by atoms with van der Waals surface area (Å²) in [5.74, 6) is 0. The average Bonchev–Trinajstić information content (AvgIpc) is 2.63. The van der Waals surface area contributed by atoms with Crippen molar-refractivity contribution in [2.24, 2.45) is 0 Å². The van der Waals surface area contributed by atoms with Crippen molar-refractivity contribution in [1.29, 1.82) is 0 Å². The summed E-state index contributed by atoms with van der Waals surface area (Å²) < 4.78 is 2.89. The van der Waals surface area contributed by atoms with Crippen molar-refractivity contribution in [2.45, 2.75) is 25.8 Å². The number of hydrogen-bond acceptors (Lipinski definition) is 1. The maximum Gasteiger partial charge on any atom is 0.128 e. The van der Waals surface area contributed by atoms with Gasteiger partial charge in [0.15, 0.2) is 0 Å². The van der Waals surface area contributed by atoms with E-state index < -0.39 is 0 Å². The average molecular weight is 227 g/mol. The summed E-state index contributed by atoms with van der Waals surface area (Å²) in [4.78, 5) is 0. The molecule has 1 aromatic heterocycles. The van der Waals surface area contributed by atoms with E-state index in [-0.39, 0.29) is 0 Å². The molecule has 0 N–H and O–H groups in total. The van der Waals surface area contributed by atoms with Crippen molar-refractivity contribution in [2.75, 3.05) is 0 Å². The van der Waals surface area contributed by atoms with Crippen LogP contribution in [-0.2, 0) is 6.54 Å². The minimum atomic E-state index is 0.918. The zero-order valence-electron chi connectivity index (χ0n) is 6.83. The molecule has 12 heavy (non-hydrogen) atoms. The van der Waals surface area contributed by atoms with Crippen molar-refractivity contribution in [3.05, 3.63) is 28.5 Å². The topological polar surface area (TPSA) is 17.8 Å². The van der Waals surface area contributed by atoms with Crippen molar-refractivity contribution in [3.8, 4) is 0 Å². The summed E-state index contributed by atoms with van der Waals surface area (Å²) in [5.41, 5.74) is 1.52. The van der Waals surface area contributed by atoms with Gasteiger partial charge in [0.1, 0.15) is 4.60 Å². The first-order valence-corrected chi connectivity index (χ1v) is 5.01. The standard InChI is InChI=1S/C9H11BrN2/c10-9-5-6-12(11-9)7-8-3-1-2-4-8/h3,5-6H,1-2,4,7H2. The Bertz CT molecular complexity index is 301. The molecule has 0 saturated heterocycles. The minimum Gasteiger partial charge on any atom is -0.268 e. The van der Waals surface area contributed by atoms with Crippen molar-refractivity contribution in [3.63, 3.8) is 0 Å². The fraction of sp³-hybridized carbons (Fsp3) is 0.444. The highest BCUT2D eigenvalue weighted by Crippen LogP contribution is 2.19. The lowest BCUT2D eigenvalue weighted by Crippen LogP contribution is -1.99. The maximum atomic E-state index is 4.27. The van der Waals surface area contributed by atoms with Crippen LogP contribution in [0.5, 0.6) is 0 Å². The minimum absolute atomic E-state index is 0.918. The van der Waals surface area contributed by atoms with Gasteiger partial charge in [0, 0.05) is 6.20 Å². The summed E-state index contributed by atoms with van der Waals surface area (Å²) >= 11 is 3.33. The molecule has 1 aliphatic carbocycles. The van der Waals surface area contributed by atoms with Crippen LogP contribution in [0, 0.1) is 0 Å². The maximum absolute atomic E-state index is 4.27. The Morgan fingerprint density at radius 3 is 3.08 bits per heavy atom. The molecule has 1 heterocycles. The van der Waals surface area contributed by atoms with Crippen LogP contribution in [0.1, 0.15) is 19.3 Å². The summed E-state index contributed by atoms with van der Waals surface area (Å²) in [6, 6.07) is 1.97. The largest absolute Gasteiger partial charge is 0.268 e. The van der Waals surface area contributed by atoms with E-state index in [2.05, 4.69) is 27.1 Å². The van der Waals surface area contributed by atoms with Gasteiger partial charge in [0.2, 0.25) is 0 Å². The van der Waals surface area contributed by atoms with Gasteiger partial charge in [-0.15, -0.1) is 0 Å². The lowest BCUT2D eigenvalue weighted by atomic mass is 10.2. The van der Waals surface area contributed by atoms with Gasteiger partial charge in [-0.3, -0.25) is 4.68 Å². The Morgan fingerprint density at radius 1 is 1.58 bits per heavy atom. The normalized spacial score (nSPS) is 16.6. The predicted octanol–water partition coefficient (Wildman–Crippen LogP) is 2.76. The fourth-order valence-electron chi connectivity index (χ4n) is 1.51. The van der Waals surface area contributed by atoms with E-state index in [1.807, 2.05) is 16.9 Å². The van der Waals surface area contributed by atoms with Crippen LogP contribution in [0.4, 0.5) is 0 Å². The zero-order chi connectivity index (χ0) is 8.39. The highest BCUT2D eigenvalue weighted by Gasteiger charge is 2.05. The molecule has 0 fully saturated rings. The quantitative estimate of drug-likeness (QED) is 0.710. The Kier molecular flexibility index (Phi) is 2.30. The molecule has 0 bridgehead atoms. The molecule has 0 aromatic carbocycles. The third-order valence-corrected chi connectivity index (χ3v) is 2.53.